The molecule has 0 aromatic carbocycles. The van der Waals surface area contributed by atoms with Crippen molar-refractivity contribution in [1.82, 2.24) is 10.2 Å². The Morgan fingerprint density at radius 2 is 2.00 bits per heavy atom. The van der Waals surface area contributed by atoms with Gasteiger partial charge in [0.1, 0.15) is 6.04 Å². The summed E-state index contributed by atoms with van der Waals surface area (Å²) in [5.41, 5.74) is 0. The number of carbonyl (C=O) groups is 2. The van der Waals surface area contributed by atoms with Crippen LogP contribution in [0.3, 0.4) is 0 Å². The second kappa shape index (κ2) is 8.12. The number of carbonyl (C=O) groups excluding carboxylic acids is 1. The van der Waals surface area contributed by atoms with E-state index in [2.05, 4.69) is 5.32 Å². The second-order valence-electron chi connectivity index (χ2n) is 4.87. The fourth-order valence-electron chi connectivity index (χ4n) is 2.09. The molecule has 0 bridgehead atoms. The van der Waals surface area contributed by atoms with Gasteiger partial charge < -0.3 is 15.2 Å². The number of hydrogen-bond donors (Lipinski definition) is 2. The van der Waals surface area contributed by atoms with Crippen LogP contribution < -0.4 is 5.32 Å². The molecule has 2 N–H and O–H groups in total. The van der Waals surface area contributed by atoms with E-state index in [0.29, 0.717) is 32.7 Å². The third kappa shape index (κ3) is 5.16. The van der Waals surface area contributed by atoms with E-state index in [0.717, 1.165) is 12.8 Å². The van der Waals surface area contributed by atoms with Gasteiger partial charge in [-0.2, -0.15) is 0 Å². The zero-order valence-electron chi connectivity index (χ0n) is 11.7. The summed E-state index contributed by atoms with van der Waals surface area (Å²) < 4.78 is 5.23. The van der Waals surface area contributed by atoms with E-state index in [1.165, 1.54) is 0 Å². The highest BCUT2D eigenvalue weighted by Gasteiger charge is 2.26. The van der Waals surface area contributed by atoms with Crippen molar-refractivity contribution in [3.8, 4) is 0 Å². The zero-order chi connectivity index (χ0) is 14.3. The summed E-state index contributed by atoms with van der Waals surface area (Å²) in [6.45, 7) is 6.46. The molecular weight excluding hydrogens is 248 g/mol. The Labute approximate surface area is 114 Å². The minimum Gasteiger partial charge on any atom is -0.480 e. The molecule has 0 saturated carbocycles. The molecule has 0 aromatic heterocycles. The van der Waals surface area contributed by atoms with E-state index in [4.69, 9.17) is 9.84 Å². The van der Waals surface area contributed by atoms with Crippen LogP contribution in [0.2, 0.25) is 0 Å². The fourth-order valence-corrected chi connectivity index (χ4v) is 2.09. The maximum Gasteiger partial charge on any atom is 0.326 e. The lowest BCUT2D eigenvalue weighted by molar-refractivity contribution is -0.143. The predicted octanol–water partition coefficient (Wildman–Crippen LogP) is 0.467. The summed E-state index contributed by atoms with van der Waals surface area (Å²) in [5, 5.41) is 11.7. The van der Waals surface area contributed by atoms with Crippen LogP contribution >= 0.6 is 0 Å². The van der Waals surface area contributed by atoms with Crippen molar-refractivity contribution in [1.29, 1.82) is 0 Å². The molecule has 2 atom stereocenters. The molecule has 1 amide bonds. The van der Waals surface area contributed by atoms with Crippen LogP contribution in [0.4, 0.5) is 0 Å². The number of aliphatic carboxylic acids is 1. The normalized spacial score (nSPS) is 19.7. The van der Waals surface area contributed by atoms with Crippen molar-refractivity contribution >= 4 is 11.9 Å². The highest BCUT2D eigenvalue weighted by Crippen LogP contribution is 2.06. The number of unbranched alkanes of at least 4 members (excludes halogenated alkanes) is 1. The highest BCUT2D eigenvalue weighted by atomic mass is 16.5. The summed E-state index contributed by atoms with van der Waals surface area (Å²) in [6, 6.07) is -1.09. The Morgan fingerprint density at radius 1 is 1.37 bits per heavy atom. The molecular formula is C13H24N2O4. The first-order valence-electron chi connectivity index (χ1n) is 6.91. The van der Waals surface area contributed by atoms with Crippen LogP contribution in [0.1, 0.15) is 33.1 Å². The van der Waals surface area contributed by atoms with Crippen molar-refractivity contribution in [3.05, 3.63) is 0 Å². The third-order valence-electron chi connectivity index (χ3n) is 3.43. The van der Waals surface area contributed by atoms with Gasteiger partial charge in [0.2, 0.25) is 5.91 Å². The largest absolute Gasteiger partial charge is 0.480 e. The molecule has 1 fully saturated rings. The Morgan fingerprint density at radius 3 is 2.53 bits per heavy atom. The number of morpholine rings is 1. The minimum absolute atomic E-state index is 0.217. The number of nitrogens with one attached hydrogen (secondary N) is 1. The van der Waals surface area contributed by atoms with Crippen LogP contribution in [0.25, 0.3) is 0 Å². The third-order valence-corrected chi connectivity index (χ3v) is 3.43. The number of carboxylic acids is 1. The van der Waals surface area contributed by atoms with Gasteiger partial charge in [0, 0.05) is 13.1 Å². The molecule has 0 radical (unpaired) electrons. The van der Waals surface area contributed by atoms with Gasteiger partial charge >= 0.3 is 5.97 Å². The van der Waals surface area contributed by atoms with Gasteiger partial charge in [-0.1, -0.05) is 19.8 Å². The first-order chi connectivity index (χ1) is 9.06. The van der Waals surface area contributed by atoms with Crippen molar-refractivity contribution < 1.29 is 19.4 Å². The Balaban J connectivity index is 2.47. The number of rotatable bonds is 7. The molecule has 1 aliphatic heterocycles. The van der Waals surface area contributed by atoms with E-state index >= 15 is 0 Å². The molecule has 1 rings (SSSR count). The van der Waals surface area contributed by atoms with Crippen molar-refractivity contribution in [2.45, 2.75) is 45.2 Å². The lowest BCUT2D eigenvalue weighted by Gasteiger charge is -2.32. The monoisotopic (exact) mass is 272 g/mol. The topological polar surface area (TPSA) is 78.9 Å². The average Bonchev–Trinajstić information content (AvgIpc) is 2.43. The highest BCUT2D eigenvalue weighted by molar-refractivity contribution is 5.86. The summed E-state index contributed by atoms with van der Waals surface area (Å²) in [5.74, 6) is -1.18. The maximum absolute atomic E-state index is 12.1. The number of carboxylic acid groups (broad SMARTS) is 1. The Bertz CT molecular complexity index is 303. The van der Waals surface area contributed by atoms with Crippen LogP contribution in [-0.2, 0) is 14.3 Å². The fraction of sp³-hybridized carbons (Fsp3) is 0.846. The van der Waals surface area contributed by atoms with E-state index in [1.807, 2.05) is 11.8 Å². The summed E-state index contributed by atoms with van der Waals surface area (Å²) in [4.78, 5) is 25.2. The second-order valence-corrected chi connectivity index (χ2v) is 4.87. The van der Waals surface area contributed by atoms with Gasteiger partial charge in [0.25, 0.3) is 0 Å². The van der Waals surface area contributed by atoms with Crippen LogP contribution in [-0.4, -0.2) is 60.3 Å². The molecule has 0 spiro atoms. The van der Waals surface area contributed by atoms with E-state index in [1.54, 1.807) is 6.92 Å². The lowest BCUT2D eigenvalue weighted by atomic mass is 10.1. The molecule has 6 nitrogen and oxygen atoms in total. The molecule has 1 unspecified atom stereocenters. The van der Waals surface area contributed by atoms with E-state index in [-0.39, 0.29) is 11.9 Å². The Kier molecular flexibility index (Phi) is 6.80. The van der Waals surface area contributed by atoms with Crippen molar-refractivity contribution in [2.24, 2.45) is 0 Å². The van der Waals surface area contributed by atoms with Gasteiger partial charge in [0.15, 0.2) is 0 Å². The van der Waals surface area contributed by atoms with E-state index < -0.39 is 12.0 Å². The van der Waals surface area contributed by atoms with Crippen LogP contribution in [0, 0.1) is 0 Å². The first-order valence-corrected chi connectivity index (χ1v) is 6.91. The van der Waals surface area contributed by atoms with Gasteiger partial charge in [-0.3, -0.25) is 9.69 Å². The van der Waals surface area contributed by atoms with Crippen molar-refractivity contribution in [2.75, 3.05) is 26.3 Å². The molecule has 0 aromatic rings. The number of hydrogen-bond acceptors (Lipinski definition) is 4. The molecule has 1 aliphatic rings. The van der Waals surface area contributed by atoms with Crippen LogP contribution in [0.5, 0.6) is 0 Å². The van der Waals surface area contributed by atoms with Gasteiger partial charge in [-0.05, 0) is 13.3 Å². The average molecular weight is 272 g/mol. The first kappa shape index (κ1) is 15.9. The lowest BCUT2D eigenvalue weighted by Crippen LogP contribution is -2.53. The molecule has 1 saturated heterocycles. The maximum atomic E-state index is 12.1. The predicted molar refractivity (Wildman–Crippen MR) is 70.9 cm³/mol. The summed E-state index contributed by atoms with van der Waals surface area (Å²) in [6.07, 6.45) is 2.19. The van der Waals surface area contributed by atoms with Crippen LogP contribution in [0.15, 0.2) is 0 Å². The van der Waals surface area contributed by atoms with Gasteiger partial charge in [-0.25, -0.2) is 4.79 Å². The SMILES string of the molecule is CCCCC(NC(=O)[C@H](C)N1CCOCC1)C(=O)O. The summed E-state index contributed by atoms with van der Waals surface area (Å²) >= 11 is 0. The Hall–Kier alpha value is -1.14. The molecule has 110 valence electrons. The summed E-state index contributed by atoms with van der Waals surface area (Å²) in [7, 11) is 0. The number of amides is 1. The number of ether oxygens (including phenoxy) is 1. The van der Waals surface area contributed by atoms with Crippen molar-refractivity contribution in [3.63, 3.8) is 0 Å². The number of nitrogens with zero attached hydrogens (tertiary/aromatic N) is 1. The van der Waals surface area contributed by atoms with Gasteiger partial charge in [-0.15, -0.1) is 0 Å². The molecule has 6 heteroatoms. The minimum atomic E-state index is -0.962. The molecule has 19 heavy (non-hydrogen) atoms. The smallest absolute Gasteiger partial charge is 0.326 e. The van der Waals surface area contributed by atoms with Gasteiger partial charge in [0.05, 0.1) is 19.3 Å². The standard InChI is InChI=1S/C13H24N2O4/c1-3-4-5-11(13(17)18)14-12(16)10(2)15-6-8-19-9-7-15/h10-11H,3-9H2,1-2H3,(H,14,16)(H,17,18)/t10-,11?/m0/s1. The zero-order valence-corrected chi connectivity index (χ0v) is 11.7. The molecule has 0 aliphatic carbocycles. The van der Waals surface area contributed by atoms with E-state index in [9.17, 15) is 9.59 Å². The molecule has 1 heterocycles. The quantitative estimate of drug-likeness (QED) is 0.704.